The van der Waals surface area contributed by atoms with Gasteiger partial charge in [0.1, 0.15) is 5.56 Å². The number of anilines is 1. The van der Waals surface area contributed by atoms with E-state index in [1.807, 2.05) is 30.3 Å². The average Bonchev–Trinajstić information content (AvgIpc) is 2.60. The van der Waals surface area contributed by atoms with Crippen LogP contribution in [0.25, 0.3) is 10.8 Å². The molecule has 7 nitrogen and oxygen atoms in total. The lowest BCUT2D eigenvalue weighted by Crippen LogP contribution is -2.17. The Kier molecular flexibility index (Phi) is 4.13. The molecule has 25 heavy (non-hydrogen) atoms. The number of carboxylic acid groups (broad SMARTS) is 1. The topological polar surface area (TPSA) is 110 Å². The summed E-state index contributed by atoms with van der Waals surface area (Å²) in [6, 6.07) is 16.4. The van der Waals surface area contributed by atoms with E-state index in [4.69, 9.17) is 0 Å². The van der Waals surface area contributed by atoms with Crippen molar-refractivity contribution in [3.05, 3.63) is 81.9 Å². The third kappa shape index (κ3) is 3.16. The lowest BCUT2D eigenvalue weighted by molar-refractivity contribution is -0.385. The number of nitro groups is 1. The number of rotatable bonds is 4. The Hall–Kier alpha value is -3.74. The number of fused-ring (bicyclic) bond motifs is 1. The molecule has 0 heterocycles. The minimum Gasteiger partial charge on any atom is -0.477 e. The van der Waals surface area contributed by atoms with Gasteiger partial charge in [-0.3, -0.25) is 14.9 Å². The van der Waals surface area contributed by atoms with Crippen LogP contribution in [-0.4, -0.2) is 21.9 Å². The van der Waals surface area contributed by atoms with Gasteiger partial charge in [-0.15, -0.1) is 0 Å². The fraction of sp³-hybridized carbons (Fsp3) is 0. The number of carboxylic acids is 1. The number of nitrogens with one attached hydrogen (secondary N) is 1. The Morgan fingerprint density at radius 3 is 2.36 bits per heavy atom. The number of amides is 1. The number of hydrogen-bond acceptors (Lipinski definition) is 4. The molecule has 1 amide bonds. The number of nitro benzene ring substituents is 1. The van der Waals surface area contributed by atoms with Crippen molar-refractivity contribution in [1.82, 2.24) is 0 Å². The molecule has 0 aliphatic carbocycles. The van der Waals surface area contributed by atoms with E-state index in [9.17, 15) is 24.8 Å². The molecular weight excluding hydrogens is 324 g/mol. The Balaban J connectivity index is 1.99. The highest BCUT2D eigenvalue weighted by molar-refractivity contribution is 6.12. The number of carbonyl (C=O) groups is 2. The molecule has 0 fully saturated rings. The molecule has 7 heteroatoms. The molecule has 0 aromatic heterocycles. The van der Waals surface area contributed by atoms with E-state index in [0.717, 1.165) is 16.8 Å². The van der Waals surface area contributed by atoms with E-state index in [-0.39, 0.29) is 5.56 Å². The van der Waals surface area contributed by atoms with Crippen molar-refractivity contribution in [2.45, 2.75) is 0 Å². The molecule has 0 atom stereocenters. The van der Waals surface area contributed by atoms with Crippen molar-refractivity contribution in [1.29, 1.82) is 0 Å². The van der Waals surface area contributed by atoms with Crippen LogP contribution in [0.2, 0.25) is 0 Å². The van der Waals surface area contributed by atoms with Gasteiger partial charge in [-0.05, 0) is 29.0 Å². The van der Waals surface area contributed by atoms with E-state index < -0.39 is 28.1 Å². The van der Waals surface area contributed by atoms with Crippen molar-refractivity contribution >= 4 is 34.0 Å². The fourth-order valence-electron chi connectivity index (χ4n) is 2.57. The van der Waals surface area contributed by atoms with Crippen LogP contribution in [0.5, 0.6) is 0 Å². The van der Waals surface area contributed by atoms with Gasteiger partial charge in [0, 0.05) is 11.8 Å². The smallest absolute Gasteiger partial charge is 0.343 e. The van der Waals surface area contributed by atoms with E-state index in [1.54, 1.807) is 12.1 Å². The molecule has 2 N–H and O–H groups in total. The maximum atomic E-state index is 12.5. The summed E-state index contributed by atoms with van der Waals surface area (Å²) in [7, 11) is 0. The number of carbonyl (C=O) groups excluding carboxylic acids is 1. The lowest BCUT2D eigenvalue weighted by Gasteiger charge is -2.09. The second kappa shape index (κ2) is 6.40. The number of aromatic carboxylic acids is 1. The monoisotopic (exact) mass is 336 g/mol. The SMILES string of the molecule is O=C(Nc1ccc2ccccc2c1)c1cccc([N+](=O)[O-])c1C(=O)O. The highest BCUT2D eigenvalue weighted by atomic mass is 16.6. The summed E-state index contributed by atoms with van der Waals surface area (Å²) in [5.41, 5.74) is -1.06. The van der Waals surface area contributed by atoms with Gasteiger partial charge in [-0.1, -0.05) is 36.4 Å². The van der Waals surface area contributed by atoms with Gasteiger partial charge in [-0.2, -0.15) is 0 Å². The van der Waals surface area contributed by atoms with Crippen molar-refractivity contribution in [3.8, 4) is 0 Å². The second-order valence-electron chi connectivity index (χ2n) is 5.28. The Bertz CT molecular complexity index is 1010. The average molecular weight is 336 g/mol. The summed E-state index contributed by atoms with van der Waals surface area (Å²) in [6.07, 6.45) is 0. The summed E-state index contributed by atoms with van der Waals surface area (Å²) >= 11 is 0. The fourth-order valence-corrected chi connectivity index (χ4v) is 2.57. The zero-order valence-corrected chi connectivity index (χ0v) is 12.8. The van der Waals surface area contributed by atoms with Gasteiger partial charge in [-0.25, -0.2) is 4.79 Å². The third-order valence-electron chi connectivity index (χ3n) is 3.70. The highest BCUT2D eigenvalue weighted by Crippen LogP contribution is 2.24. The first kappa shape index (κ1) is 16.1. The van der Waals surface area contributed by atoms with E-state index >= 15 is 0 Å². The van der Waals surface area contributed by atoms with E-state index in [1.165, 1.54) is 12.1 Å². The first-order chi connectivity index (χ1) is 12.0. The molecule has 124 valence electrons. The van der Waals surface area contributed by atoms with Gasteiger partial charge in [0.2, 0.25) is 0 Å². The zero-order chi connectivity index (χ0) is 18.0. The number of nitrogens with zero attached hydrogens (tertiary/aromatic N) is 1. The Morgan fingerprint density at radius 2 is 1.68 bits per heavy atom. The summed E-state index contributed by atoms with van der Waals surface area (Å²) in [5.74, 6) is -2.26. The molecule has 0 bridgehead atoms. The van der Waals surface area contributed by atoms with E-state index in [2.05, 4.69) is 5.32 Å². The predicted octanol–water partition coefficient (Wildman–Crippen LogP) is 3.70. The van der Waals surface area contributed by atoms with Crippen molar-refractivity contribution in [3.63, 3.8) is 0 Å². The molecule has 3 rings (SSSR count). The van der Waals surface area contributed by atoms with Gasteiger partial charge in [0.25, 0.3) is 11.6 Å². The van der Waals surface area contributed by atoms with Gasteiger partial charge in [0.15, 0.2) is 0 Å². The molecule has 0 saturated carbocycles. The summed E-state index contributed by atoms with van der Waals surface area (Å²) < 4.78 is 0. The van der Waals surface area contributed by atoms with Crippen LogP contribution in [0.4, 0.5) is 11.4 Å². The summed E-state index contributed by atoms with van der Waals surface area (Å²) in [5, 5.41) is 24.8. The van der Waals surface area contributed by atoms with E-state index in [0.29, 0.717) is 5.69 Å². The molecule has 3 aromatic rings. The molecule has 0 saturated heterocycles. The summed E-state index contributed by atoms with van der Waals surface area (Å²) in [4.78, 5) is 34.0. The largest absolute Gasteiger partial charge is 0.477 e. The lowest BCUT2D eigenvalue weighted by atomic mass is 10.0. The third-order valence-corrected chi connectivity index (χ3v) is 3.70. The maximum absolute atomic E-state index is 12.5. The number of hydrogen-bond donors (Lipinski definition) is 2. The highest BCUT2D eigenvalue weighted by Gasteiger charge is 2.26. The Labute approximate surface area is 141 Å². The van der Waals surface area contributed by atoms with Crippen molar-refractivity contribution < 1.29 is 19.6 Å². The molecular formula is C18H12N2O5. The molecule has 0 spiro atoms. The van der Waals surface area contributed by atoms with Gasteiger partial charge >= 0.3 is 5.97 Å². The molecule has 0 aliphatic rings. The molecule has 0 aliphatic heterocycles. The van der Waals surface area contributed by atoms with Crippen LogP contribution in [0.3, 0.4) is 0 Å². The number of benzene rings is 3. The van der Waals surface area contributed by atoms with Crippen LogP contribution in [0.15, 0.2) is 60.7 Å². The maximum Gasteiger partial charge on any atom is 0.343 e. The van der Waals surface area contributed by atoms with Gasteiger partial charge in [0.05, 0.1) is 10.5 Å². The van der Waals surface area contributed by atoms with Crippen molar-refractivity contribution in [2.24, 2.45) is 0 Å². The quantitative estimate of drug-likeness (QED) is 0.557. The summed E-state index contributed by atoms with van der Waals surface area (Å²) in [6.45, 7) is 0. The minimum absolute atomic E-state index is 0.269. The molecule has 0 unspecified atom stereocenters. The Morgan fingerprint density at radius 1 is 0.960 bits per heavy atom. The van der Waals surface area contributed by atoms with Crippen LogP contribution in [-0.2, 0) is 0 Å². The minimum atomic E-state index is -1.53. The predicted molar refractivity (Wildman–Crippen MR) is 92.0 cm³/mol. The normalized spacial score (nSPS) is 10.4. The molecule has 0 radical (unpaired) electrons. The van der Waals surface area contributed by atoms with Crippen LogP contribution < -0.4 is 5.32 Å². The van der Waals surface area contributed by atoms with Crippen LogP contribution in [0, 0.1) is 10.1 Å². The second-order valence-corrected chi connectivity index (χ2v) is 5.28. The first-order valence-electron chi connectivity index (χ1n) is 7.28. The van der Waals surface area contributed by atoms with Crippen LogP contribution >= 0.6 is 0 Å². The van der Waals surface area contributed by atoms with Crippen LogP contribution in [0.1, 0.15) is 20.7 Å². The van der Waals surface area contributed by atoms with Gasteiger partial charge < -0.3 is 10.4 Å². The molecule has 3 aromatic carbocycles. The first-order valence-corrected chi connectivity index (χ1v) is 7.28. The standard InChI is InChI=1S/C18H12N2O5/c21-17(14-6-3-7-15(20(24)25)16(14)18(22)23)19-13-9-8-11-4-1-2-5-12(11)10-13/h1-10H,(H,19,21)(H,22,23). The zero-order valence-electron chi connectivity index (χ0n) is 12.8. The van der Waals surface area contributed by atoms with Crippen molar-refractivity contribution in [2.75, 3.05) is 5.32 Å².